The largest absolute Gasteiger partial charge is 0.351 e. The molecule has 4 nitrogen and oxygen atoms in total. The van der Waals surface area contributed by atoms with Crippen LogP contribution in [0.2, 0.25) is 0 Å². The van der Waals surface area contributed by atoms with Crippen molar-refractivity contribution >= 4 is 28.8 Å². The molecule has 110 valence electrons. The molecule has 2 N–H and O–H groups in total. The van der Waals surface area contributed by atoms with E-state index >= 15 is 0 Å². The summed E-state index contributed by atoms with van der Waals surface area (Å²) < 4.78 is 13.0. The summed E-state index contributed by atoms with van der Waals surface area (Å²) in [6.07, 6.45) is 0.159. The Morgan fingerprint density at radius 1 is 1.29 bits per heavy atom. The van der Waals surface area contributed by atoms with Crippen LogP contribution in [0.15, 0.2) is 35.0 Å². The quantitative estimate of drug-likeness (QED) is 0.892. The maximum atomic E-state index is 13.0. The summed E-state index contributed by atoms with van der Waals surface area (Å²) in [6, 6.07) is 5.89. The molecule has 6 heteroatoms. The Bertz CT molecular complexity index is 641. The van der Waals surface area contributed by atoms with Crippen molar-refractivity contribution in [2.24, 2.45) is 0 Å². The highest BCUT2D eigenvalue weighted by atomic mass is 32.1. The van der Waals surface area contributed by atoms with Gasteiger partial charge in [0.25, 0.3) is 5.91 Å². The van der Waals surface area contributed by atoms with Crippen LogP contribution in [0.4, 0.5) is 10.1 Å². The molecular formula is C15H15FN2O2S. The first kappa shape index (κ1) is 15.2. The fraction of sp³-hybridized carbons (Fsp3) is 0.200. The Labute approximate surface area is 126 Å². The molecule has 2 rings (SSSR count). The number of anilines is 1. The van der Waals surface area contributed by atoms with Crippen molar-refractivity contribution in [1.29, 1.82) is 0 Å². The second-order valence-electron chi connectivity index (χ2n) is 4.53. The van der Waals surface area contributed by atoms with Gasteiger partial charge in [-0.25, -0.2) is 4.39 Å². The van der Waals surface area contributed by atoms with Crippen molar-refractivity contribution in [3.8, 4) is 0 Å². The van der Waals surface area contributed by atoms with Gasteiger partial charge in [-0.15, -0.1) is 0 Å². The Balaban J connectivity index is 1.78. The van der Waals surface area contributed by atoms with Gasteiger partial charge in [0.05, 0.1) is 0 Å². The lowest BCUT2D eigenvalue weighted by Gasteiger charge is -2.08. The van der Waals surface area contributed by atoms with E-state index in [4.69, 9.17) is 0 Å². The zero-order valence-electron chi connectivity index (χ0n) is 11.5. The first-order valence-electron chi connectivity index (χ1n) is 6.42. The van der Waals surface area contributed by atoms with E-state index in [2.05, 4.69) is 10.6 Å². The number of hydrogen-bond donors (Lipinski definition) is 2. The summed E-state index contributed by atoms with van der Waals surface area (Å²) in [6.45, 7) is 1.97. The SMILES string of the molecule is Cc1cc(F)ccc1NC(=O)CCNC(=O)c1ccsc1. The van der Waals surface area contributed by atoms with Crippen molar-refractivity contribution in [2.45, 2.75) is 13.3 Å². The molecule has 1 aromatic carbocycles. The van der Waals surface area contributed by atoms with Crippen LogP contribution in [0.5, 0.6) is 0 Å². The minimum absolute atomic E-state index is 0.159. The number of benzene rings is 1. The molecule has 0 atom stereocenters. The lowest BCUT2D eigenvalue weighted by atomic mass is 10.2. The fourth-order valence-corrected chi connectivity index (χ4v) is 2.40. The van der Waals surface area contributed by atoms with Gasteiger partial charge >= 0.3 is 0 Å². The second kappa shape index (κ2) is 6.99. The maximum absolute atomic E-state index is 13.0. The van der Waals surface area contributed by atoms with E-state index in [1.807, 2.05) is 5.38 Å². The van der Waals surface area contributed by atoms with Gasteiger partial charge in [0.1, 0.15) is 5.82 Å². The third-order valence-corrected chi connectivity index (χ3v) is 3.57. The number of aryl methyl sites for hydroxylation is 1. The summed E-state index contributed by atoms with van der Waals surface area (Å²) >= 11 is 1.44. The molecule has 1 aromatic heterocycles. The summed E-state index contributed by atoms with van der Waals surface area (Å²) in [5.41, 5.74) is 1.83. The summed E-state index contributed by atoms with van der Waals surface area (Å²) in [7, 11) is 0. The predicted molar refractivity (Wildman–Crippen MR) is 81.0 cm³/mol. The van der Waals surface area contributed by atoms with Crippen LogP contribution in [-0.2, 0) is 4.79 Å². The van der Waals surface area contributed by atoms with Gasteiger partial charge in [-0.1, -0.05) is 0 Å². The van der Waals surface area contributed by atoms with Crippen LogP contribution in [-0.4, -0.2) is 18.4 Å². The van der Waals surface area contributed by atoms with E-state index in [1.54, 1.807) is 18.4 Å². The van der Waals surface area contributed by atoms with Crippen LogP contribution >= 0.6 is 11.3 Å². The van der Waals surface area contributed by atoms with Crippen LogP contribution in [0, 0.1) is 12.7 Å². The van der Waals surface area contributed by atoms with Gasteiger partial charge in [-0.05, 0) is 42.1 Å². The van der Waals surface area contributed by atoms with Crippen LogP contribution in [0.1, 0.15) is 22.3 Å². The van der Waals surface area contributed by atoms with E-state index < -0.39 is 0 Å². The molecule has 0 aliphatic carbocycles. The average molecular weight is 306 g/mol. The number of rotatable bonds is 5. The monoisotopic (exact) mass is 306 g/mol. The van der Waals surface area contributed by atoms with Crippen molar-refractivity contribution in [3.63, 3.8) is 0 Å². The standard InChI is InChI=1S/C15H15FN2O2S/c1-10-8-12(16)2-3-13(10)18-14(19)4-6-17-15(20)11-5-7-21-9-11/h2-3,5,7-9H,4,6H2,1H3,(H,17,20)(H,18,19). The molecular weight excluding hydrogens is 291 g/mol. The zero-order chi connectivity index (χ0) is 15.2. The summed E-state index contributed by atoms with van der Waals surface area (Å²) in [5.74, 6) is -0.758. The van der Waals surface area contributed by atoms with Gasteiger partial charge in [0.2, 0.25) is 5.91 Å². The smallest absolute Gasteiger partial charge is 0.252 e. The number of carbonyl (C=O) groups is 2. The van der Waals surface area contributed by atoms with Crippen molar-refractivity contribution < 1.29 is 14.0 Å². The highest BCUT2D eigenvalue weighted by Crippen LogP contribution is 2.15. The maximum Gasteiger partial charge on any atom is 0.252 e. The lowest BCUT2D eigenvalue weighted by Crippen LogP contribution is -2.27. The number of hydrogen-bond acceptors (Lipinski definition) is 3. The molecule has 0 spiro atoms. The van der Waals surface area contributed by atoms with Crippen molar-refractivity contribution in [2.75, 3.05) is 11.9 Å². The molecule has 0 unspecified atom stereocenters. The van der Waals surface area contributed by atoms with E-state index in [0.717, 1.165) is 0 Å². The molecule has 2 aromatic rings. The van der Waals surface area contributed by atoms with Crippen LogP contribution in [0.3, 0.4) is 0 Å². The molecule has 0 aliphatic heterocycles. The molecule has 0 aliphatic rings. The van der Waals surface area contributed by atoms with Gasteiger partial charge < -0.3 is 10.6 Å². The van der Waals surface area contributed by atoms with E-state index in [9.17, 15) is 14.0 Å². The molecule has 1 heterocycles. The molecule has 2 amide bonds. The van der Waals surface area contributed by atoms with E-state index in [-0.39, 0.29) is 30.6 Å². The third kappa shape index (κ3) is 4.39. The molecule has 0 radical (unpaired) electrons. The van der Waals surface area contributed by atoms with Crippen molar-refractivity contribution in [3.05, 3.63) is 52.0 Å². The topological polar surface area (TPSA) is 58.2 Å². The summed E-state index contributed by atoms with van der Waals surface area (Å²) in [4.78, 5) is 23.4. The molecule has 0 fully saturated rings. The highest BCUT2D eigenvalue weighted by Gasteiger charge is 2.08. The van der Waals surface area contributed by atoms with Crippen LogP contribution < -0.4 is 10.6 Å². The van der Waals surface area contributed by atoms with E-state index in [0.29, 0.717) is 16.8 Å². The summed E-state index contributed by atoms with van der Waals surface area (Å²) in [5, 5.41) is 8.93. The number of nitrogens with one attached hydrogen (secondary N) is 2. The molecule has 21 heavy (non-hydrogen) atoms. The Morgan fingerprint density at radius 2 is 2.10 bits per heavy atom. The Hall–Kier alpha value is -2.21. The fourth-order valence-electron chi connectivity index (χ4n) is 1.77. The molecule has 0 saturated carbocycles. The van der Waals surface area contributed by atoms with Gasteiger partial charge in [0, 0.05) is 29.6 Å². The first-order chi connectivity index (χ1) is 10.1. The van der Waals surface area contributed by atoms with Gasteiger partial charge in [-0.3, -0.25) is 9.59 Å². The van der Waals surface area contributed by atoms with Crippen molar-refractivity contribution in [1.82, 2.24) is 5.32 Å². The van der Waals surface area contributed by atoms with Crippen LogP contribution in [0.25, 0.3) is 0 Å². The lowest BCUT2D eigenvalue weighted by molar-refractivity contribution is -0.116. The molecule has 0 saturated heterocycles. The zero-order valence-corrected chi connectivity index (χ0v) is 12.3. The van der Waals surface area contributed by atoms with E-state index in [1.165, 1.54) is 29.5 Å². The number of halogens is 1. The second-order valence-corrected chi connectivity index (χ2v) is 5.31. The number of thiophene rings is 1. The van der Waals surface area contributed by atoms with Gasteiger partial charge in [0.15, 0.2) is 0 Å². The normalized spacial score (nSPS) is 10.2. The highest BCUT2D eigenvalue weighted by molar-refractivity contribution is 7.08. The minimum Gasteiger partial charge on any atom is -0.351 e. The molecule has 0 bridgehead atoms. The number of amides is 2. The minimum atomic E-state index is -0.339. The first-order valence-corrected chi connectivity index (χ1v) is 7.37. The number of carbonyl (C=O) groups excluding carboxylic acids is 2. The van der Waals surface area contributed by atoms with Gasteiger partial charge in [-0.2, -0.15) is 11.3 Å². The predicted octanol–water partition coefficient (Wildman–Crippen LogP) is 2.95. The average Bonchev–Trinajstić information content (AvgIpc) is 2.96. The Morgan fingerprint density at radius 3 is 2.76 bits per heavy atom. The third-order valence-electron chi connectivity index (χ3n) is 2.88. The Kier molecular flexibility index (Phi) is 5.05.